The number of hydrogen-bond donors (Lipinski definition) is 1. The molecule has 0 unspecified atom stereocenters. The van der Waals surface area contributed by atoms with Gasteiger partial charge in [-0.25, -0.2) is 23.2 Å². The quantitative estimate of drug-likeness (QED) is 0.459. The summed E-state index contributed by atoms with van der Waals surface area (Å²) in [6.07, 6.45) is -0.412. The predicted molar refractivity (Wildman–Crippen MR) is 145 cm³/mol. The van der Waals surface area contributed by atoms with Crippen molar-refractivity contribution >= 4 is 33.7 Å². The molecule has 2 saturated heterocycles. The van der Waals surface area contributed by atoms with E-state index in [1.165, 1.54) is 21.3 Å². The van der Waals surface area contributed by atoms with Crippen LogP contribution in [0.15, 0.2) is 59.5 Å². The third-order valence-corrected chi connectivity index (χ3v) is 8.61. The summed E-state index contributed by atoms with van der Waals surface area (Å²) in [5, 5.41) is 12.0. The van der Waals surface area contributed by atoms with E-state index in [1.807, 2.05) is 11.0 Å². The number of piperazine rings is 1. The molecule has 206 valence electrons. The lowest BCUT2D eigenvalue weighted by Crippen LogP contribution is -2.49. The number of anilines is 2. The van der Waals surface area contributed by atoms with Gasteiger partial charge in [0.25, 0.3) is 5.91 Å². The number of hydrogen-bond acceptors (Lipinski definition) is 9. The minimum Gasteiger partial charge on any atom is -0.448 e. The minimum atomic E-state index is -3.76. The number of benzene rings is 2. The number of aryl methyl sites for hydroxylation is 1. The van der Waals surface area contributed by atoms with Crippen molar-refractivity contribution in [2.24, 2.45) is 0 Å². The van der Waals surface area contributed by atoms with Gasteiger partial charge in [0.05, 0.1) is 11.4 Å². The number of ether oxygens (including phenoxy) is 1. The second-order valence-corrected chi connectivity index (χ2v) is 11.3. The van der Waals surface area contributed by atoms with Crippen molar-refractivity contribution in [2.75, 3.05) is 49.5 Å². The molecule has 0 saturated carbocycles. The van der Waals surface area contributed by atoms with Crippen LogP contribution in [-0.2, 0) is 21.3 Å². The van der Waals surface area contributed by atoms with Crippen LogP contribution in [0.25, 0.3) is 0 Å². The van der Waals surface area contributed by atoms with E-state index in [0.29, 0.717) is 54.7 Å². The predicted octanol–water partition coefficient (Wildman–Crippen LogP) is 2.37. The molecule has 13 heteroatoms. The van der Waals surface area contributed by atoms with Crippen LogP contribution in [0.1, 0.15) is 27.3 Å². The highest BCUT2D eigenvalue weighted by Crippen LogP contribution is 2.23. The van der Waals surface area contributed by atoms with E-state index in [4.69, 9.17) is 4.74 Å². The molecule has 3 aromatic rings. The number of aromatic nitrogens is 2. The largest absolute Gasteiger partial charge is 0.448 e. The summed E-state index contributed by atoms with van der Waals surface area (Å²) in [5.74, 6) is 0.0449. The molecule has 2 fully saturated rings. The van der Waals surface area contributed by atoms with Gasteiger partial charge < -0.3 is 19.9 Å². The Bertz CT molecular complexity index is 1580. The van der Waals surface area contributed by atoms with Gasteiger partial charge in [-0.05, 0) is 48.9 Å². The summed E-state index contributed by atoms with van der Waals surface area (Å²) in [4.78, 5) is 37.0. The van der Waals surface area contributed by atoms with Crippen molar-refractivity contribution in [3.05, 3.63) is 77.1 Å². The first kappa shape index (κ1) is 27.0. The van der Waals surface area contributed by atoms with E-state index in [-0.39, 0.29) is 36.1 Å². The number of cyclic esters (lactones) is 1. The Morgan fingerprint density at radius 3 is 2.45 bits per heavy atom. The molecule has 0 spiro atoms. The number of sulfonamides is 1. The zero-order valence-electron chi connectivity index (χ0n) is 21.8. The number of carbonyl (C=O) groups excluding carboxylic acids is 2. The van der Waals surface area contributed by atoms with Crippen LogP contribution in [0.2, 0.25) is 0 Å². The van der Waals surface area contributed by atoms with Crippen molar-refractivity contribution in [3.63, 3.8) is 0 Å². The first-order chi connectivity index (χ1) is 19.2. The Morgan fingerprint density at radius 2 is 1.77 bits per heavy atom. The Labute approximate surface area is 231 Å². The van der Waals surface area contributed by atoms with Crippen LogP contribution in [0.5, 0.6) is 0 Å². The first-order valence-electron chi connectivity index (χ1n) is 12.7. The summed E-state index contributed by atoms with van der Waals surface area (Å²) in [7, 11) is -3.76. The number of nitrogens with zero attached hydrogens (tertiary/aromatic N) is 6. The molecule has 5 rings (SSSR count). The van der Waals surface area contributed by atoms with Crippen molar-refractivity contribution < 1.29 is 22.7 Å². The second kappa shape index (κ2) is 11.3. The Hall–Kier alpha value is -4.54. The summed E-state index contributed by atoms with van der Waals surface area (Å²) in [6, 6.07) is 16.6. The Balaban J connectivity index is 1.23. The maximum atomic E-state index is 13.3. The molecule has 40 heavy (non-hydrogen) atoms. The lowest BCUT2D eigenvalue weighted by atomic mass is 10.1. The number of nitriles is 1. The summed E-state index contributed by atoms with van der Waals surface area (Å²) in [5.41, 5.74) is 2.47. The van der Waals surface area contributed by atoms with Crippen LogP contribution in [0.4, 0.5) is 16.4 Å². The third kappa shape index (κ3) is 5.73. The van der Waals surface area contributed by atoms with Gasteiger partial charge in [0.15, 0.2) is 0 Å². The van der Waals surface area contributed by atoms with E-state index >= 15 is 0 Å². The number of nitrogens with one attached hydrogen (secondary N) is 1. The number of rotatable bonds is 7. The molecular formula is C27H27N7O5S. The Morgan fingerprint density at radius 1 is 1.05 bits per heavy atom. The van der Waals surface area contributed by atoms with E-state index in [1.54, 1.807) is 49.4 Å². The van der Waals surface area contributed by atoms with Crippen LogP contribution in [0.3, 0.4) is 0 Å². The fourth-order valence-corrected chi connectivity index (χ4v) is 6.01. The van der Waals surface area contributed by atoms with Crippen LogP contribution in [-0.4, -0.2) is 78.9 Å². The molecule has 2 aromatic carbocycles. The lowest BCUT2D eigenvalue weighted by Gasteiger charge is -2.34. The fourth-order valence-electron chi connectivity index (χ4n) is 4.59. The van der Waals surface area contributed by atoms with Crippen molar-refractivity contribution in [1.29, 1.82) is 5.26 Å². The van der Waals surface area contributed by atoms with Crippen LogP contribution in [0, 0.1) is 18.3 Å². The lowest BCUT2D eigenvalue weighted by molar-refractivity contribution is 0.102. The van der Waals surface area contributed by atoms with Crippen molar-refractivity contribution in [2.45, 2.75) is 18.4 Å². The van der Waals surface area contributed by atoms with Gasteiger partial charge in [0.2, 0.25) is 16.0 Å². The molecule has 0 radical (unpaired) electrons. The average molecular weight is 562 g/mol. The first-order valence-corrected chi connectivity index (χ1v) is 14.1. The van der Waals surface area contributed by atoms with Gasteiger partial charge >= 0.3 is 6.09 Å². The normalized spacial score (nSPS) is 15.9. The summed E-state index contributed by atoms with van der Waals surface area (Å²) < 4.78 is 32.9. The SMILES string of the molecule is Cc1cc(C#N)nc(N2CCN(S(=O)(=O)c3ccc(NC(=O)c4ccccc4CN4CCOC4=O)cc3)CC2)n1. The fraction of sp³-hybridized carbons (Fsp3) is 0.296. The smallest absolute Gasteiger partial charge is 0.410 e. The van der Waals surface area contributed by atoms with Crippen LogP contribution < -0.4 is 10.2 Å². The monoisotopic (exact) mass is 561 g/mol. The van der Waals surface area contributed by atoms with E-state index in [2.05, 4.69) is 15.3 Å². The molecule has 12 nitrogen and oxygen atoms in total. The molecule has 0 atom stereocenters. The van der Waals surface area contributed by atoms with E-state index in [0.717, 1.165) is 0 Å². The molecular weight excluding hydrogens is 534 g/mol. The Kier molecular flexibility index (Phi) is 7.63. The van der Waals surface area contributed by atoms with Crippen LogP contribution >= 0.6 is 0 Å². The molecule has 0 aliphatic carbocycles. The maximum absolute atomic E-state index is 13.3. The zero-order valence-corrected chi connectivity index (χ0v) is 22.6. The highest BCUT2D eigenvalue weighted by Gasteiger charge is 2.30. The molecule has 2 aliphatic rings. The highest BCUT2D eigenvalue weighted by molar-refractivity contribution is 7.89. The van der Waals surface area contributed by atoms with Gasteiger partial charge in [-0.3, -0.25) is 4.79 Å². The molecule has 0 bridgehead atoms. The zero-order chi connectivity index (χ0) is 28.3. The number of amides is 2. The van der Waals surface area contributed by atoms with Gasteiger partial charge in [-0.1, -0.05) is 18.2 Å². The molecule has 2 amide bonds. The van der Waals surface area contributed by atoms with Gasteiger partial charge in [-0.2, -0.15) is 9.57 Å². The van der Waals surface area contributed by atoms with Crippen molar-refractivity contribution in [3.8, 4) is 6.07 Å². The third-order valence-electron chi connectivity index (χ3n) is 6.70. The van der Waals surface area contributed by atoms with Gasteiger partial charge in [-0.15, -0.1) is 0 Å². The van der Waals surface area contributed by atoms with E-state index in [9.17, 15) is 23.3 Å². The number of carbonyl (C=O) groups is 2. The minimum absolute atomic E-state index is 0.116. The maximum Gasteiger partial charge on any atom is 0.410 e. The van der Waals surface area contributed by atoms with Gasteiger partial charge in [0, 0.05) is 49.7 Å². The average Bonchev–Trinajstić information content (AvgIpc) is 3.37. The standard InChI is InChI=1S/C27H27N7O5S/c1-19-16-22(17-28)31-26(29-19)32-10-12-34(13-11-32)40(37,38)23-8-6-21(7-9-23)30-25(35)24-5-3-2-4-20(24)18-33-14-15-39-27(33)36/h2-9,16H,10-15,18H2,1H3,(H,30,35). The topological polar surface area (TPSA) is 149 Å². The second-order valence-electron chi connectivity index (χ2n) is 9.37. The molecule has 2 aliphatic heterocycles. The summed E-state index contributed by atoms with van der Waals surface area (Å²) in [6.45, 7) is 4.06. The molecule has 1 aromatic heterocycles. The van der Waals surface area contributed by atoms with E-state index < -0.39 is 16.1 Å². The molecule has 1 N–H and O–H groups in total. The van der Waals surface area contributed by atoms with Gasteiger partial charge in [0.1, 0.15) is 18.4 Å². The molecule has 3 heterocycles. The summed E-state index contributed by atoms with van der Waals surface area (Å²) >= 11 is 0. The highest BCUT2D eigenvalue weighted by atomic mass is 32.2. The van der Waals surface area contributed by atoms with Crippen molar-refractivity contribution in [1.82, 2.24) is 19.2 Å².